The Morgan fingerprint density at radius 2 is 1.72 bits per heavy atom. The molecule has 0 amide bonds. The fourth-order valence-electron chi connectivity index (χ4n) is 1.57. The molecule has 0 aliphatic carbocycles. The van der Waals surface area contributed by atoms with Crippen molar-refractivity contribution in [1.29, 1.82) is 0 Å². The highest BCUT2D eigenvalue weighted by Crippen LogP contribution is 2.27. The highest BCUT2D eigenvalue weighted by atomic mass is 16.7. The second-order valence-corrected chi connectivity index (χ2v) is 3.81. The van der Waals surface area contributed by atoms with Crippen molar-refractivity contribution < 1.29 is 18.9 Å². The zero-order chi connectivity index (χ0) is 13.4. The summed E-state index contributed by atoms with van der Waals surface area (Å²) >= 11 is 0. The van der Waals surface area contributed by atoms with Gasteiger partial charge in [-0.3, -0.25) is 0 Å². The van der Waals surface area contributed by atoms with Gasteiger partial charge in [0.05, 0.1) is 7.11 Å². The first kappa shape index (κ1) is 14.8. The normalized spacial score (nSPS) is 10.7. The van der Waals surface area contributed by atoms with E-state index in [0.717, 1.165) is 11.3 Å². The van der Waals surface area contributed by atoms with Crippen molar-refractivity contribution in [2.75, 3.05) is 26.9 Å². The molecule has 4 nitrogen and oxygen atoms in total. The third-order valence-corrected chi connectivity index (χ3v) is 2.40. The van der Waals surface area contributed by atoms with Crippen LogP contribution in [0.2, 0.25) is 0 Å². The second-order valence-electron chi connectivity index (χ2n) is 3.81. The van der Waals surface area contributed by atoms with Gasteiger partial charge in [0, 0.05) is 13.2 Å². The molecule has 0 saturated carbocycles. The Bertz CT molecular complexity index is 346. The fraction of sp³-hybridized carbons (Fsp3) is 0.571. The smallest absolute Gasteiger partial charge is 0.191 e. The molecule has 18 heavy (non-hydrogen) atoms. The van der Waals surface area contributed by atoms with Crippen LogP contribution < -0.4 is 9.47 Å². The van der Waals surface area contributed by atoms with Gasteiger partial charge in [0.2, 0.25) is 0 Å². The van der Waals surface area contributed by atoms with Gasteiger partial charge in [0.25, 0.3) is 0 Å². The molecular weight excluding hydrogens is 232 g/mol. The Morgan fingerprint density at radius 1 is 1.06 bits per heavy atom. The zero-order valence-electron chi connectivity index (χ0n) is 11.6. The van der Waals surface area contributed by atoms with Gasteiger partial charge in [-0.15, -0.1) is 0 Å². The molecule has 0 spiro atoms. The Labute approximate surface area is 109 Å². The van der Waals surface area contributed by atoms with Crippen LogP contribution in [0, 0.1) is 6.92 Å². The van der Waals surface area contributed by atoms with Crippen molar-refractivity contribution >= 4 is 0 Å². The molecule has 0 radical (unpaired) electrons. The molecule has 0 fully saturated rings. The van der Waals surface area contributed by atoms with E-state index in [4.69, 9.17) is 18.9 Å². The van der Waals surface area contributed by atoms with Crippen LogP contribution in [0.15, 0.2) is 18.2 Å². The summed E-state index contributed by atoms with van der Waals surface area (Å²) in [6.07, 6.45) is -0.342. The van der Waals surface area contributed by atoms with E-state index in [1.165, 1.54) is 0 Å². The largest absolute Gasteiger partial charge is 0.493 e. The van der Waals surface area contributed by atoms with E-state index in [2.05, 4.69) is 0 Å². The number of benzene rings is 1. The summed E-state index contributed by atoms with van der Waals surface area (Å²) < 4.78 is 21.8. The van der Waals surface area contributed by atoms with Crippen molar-refractivity contribution in [2.24, 2.45) is 0 Å². The third kappa shape index (κ3) is 4.55. The molecule has 0 atom stereocenters. The number of hydrogen-bond donors (Lipinski definition) is 0. The maximum Gasteiger partial charge on any atom is 0.191 e. The van der Waals surface area contributed by atoms with E-state index in [9.17, 15) is 0 Å². The summed E-state index contributed by atoms with van der Waals surface area (Å²) in [7, 11) is 1.63. The van der Waals surface area contributed by atoms with Crippen molar-refractivity contribution in [3.05, 3.63) is 23.8 Å². The van der Waals surface area contributed by atoms with E-state index in [0.29, 0.717) is 25.6 Å². The van der Waals surface area contributed by atoms with Crippen LogP contribution in [0.25, 0.3) is 0 Å². The van der Waals surface area contributed by atoms with Gasteiger partial charge in [-0.05, 0) is 38.5 Å². The summed E-state index contributed by atoms with van der Waals surface area (Å²) in [5.41, 5.74) is 1.13. The minimum atomic E-state index is -0.342. The van der Waals surface area contributed by atoms with E-state index in [1.54, 1.807) is 7.11 Å². The lowest BCUT2D eigenvalue weighted by atomic mass is 10.2. The minimum Gasteiger partial charge on any atom is -0.493 e. The molecule has 0 unspecified atom stereocenters. The van der Waals surface area contributed by atoms with Crippen LogP contribution in [0.1, 0.15) is 19.4 Å². The standard InChI is InChI=1S/C14H22O4/c1-5-16-14(17-6-2)10-18-12-8-7-11(3)9-13(12)15-4/h7-9,14H,5-6,10H2,1-4H3. The Hall–Kier alpha value is -1.26. The van der Waals surface area contributed by atoms with Crippen LogP contribution >= 0.6 is 0 Å². The highest BCUT2D eigenvalue weighted by Gasteiger charge is 2.11. The molecule has 0 saturated heterocycles. The first-order chi connectivity index (χ1) is 8.71. The molecule has 0 aliphatic rings. The monoisotopic (exact) mass is 254 g/mol. The topological polar surface area (TPSA) is 36.9 Å². The number of hydrogen-bond acceptors (Lipinski definition) is 4. The first-order valence-corrected chi connectivity index (χ1v) is 6.21. The van der Waals surface area contributed by atoms with Gasteiger partial charge in [-0.2, -0.15) is 0 Å². The van der Waals surface area contributed by atoms with Gasteiger partial charge in [0.1, 0.15) is 6.61 Å². The SMILES string of the molecule is CCOC(COc1ccc(C)cc1OC)OCC. The lowest BCUT2D eigenvalue weighted by Crippen LogP contribution is -2.25. The maximum atomic E-state index is 5.68. The summed E-state index contributed by atoms with van der Waals surface area (Å²) in [4.78, 5) is 0. The summed E-state index contributed by atoms with van der Waals surface area (Å²) in [5, 5.41) is 0. The molecule has 4 heteroatoms. The Kier molecular flexibility index (Phi) is 6.54. The minimum absolute atomic E-state index is 0.342. The molecule has 0 N–H and O–H groups in total. The van der Waals surface area contributed by atoms with Gasteiger partial charge in [0.15, 0.2) is 17.8 Å². The molecule has 102 valence electrons. The molecular formula is C14H22O4. The summed E-state index contributed by atoms with van der Waals surface area (Å²) in [6.45, 7) is 7.41. The second kappa shape index (κ2) is 7.95. The summed E-state index contributed by atoms with van der Waals surface area (Å²) in [5.74, 6) is 1.43. The van der Waals surface area contributed by atoms with Crippen LogP contribution in [-0.4, -0.2) is 33.2 Å². The Balaban J connectivity index is 2.60. The molecule has 1 aromatic carbocycles. The summed E-state index contributed by atoms with van der Waals surface area (Å²) in [6, 6.07) is 5.81. The van der Waals surface area contributed by atoms with E-state index in [1.807, 2.05) is 39.0 Å². The predicted molar refractivity (Wildman–Crippen MR) is 70.3 cm³/mol. The lowest BCUT2D eigenvalue weighted by molar-refractivity contribution is -0.152. The number of ether oxygens (including phenoxy) is 4. The highest BCUT2D eigenvalue weighted by molar-refractivity contribution is 5.42. The van der Waals surface area contributed by atoms with Gasteiger partial charge >= 0.3 is 0 Å². The molecule has 1 rings (SSSR count). The predicted octanol–water partition coefficient (Wildman–Crippen LogP) is 2.78. The molecule has 0 bridgehead atoms. The number of aryl methyl sites for hydroxylation is 1. The Morgan fingerprint density at radius 3 is 2.28 bits per heavy atom. The van der Waals surface area contributed by atoms with Gasteiger partial charge in [-0.1, -0.05) is 6.07 Å². The molecule has 0 heterocycles. The van der Waals surface area contributed by atoms with E-state index < -0.39 is 0 Å². The van der Waals surface area contributed by atoms with Crippen molar-refractivity contribution in [3.63, 3.8) is 0 Å². The molecule has 1 aromatic rings. The fourth-order valence-corrected chi connectivity index (χ4v) is 1.57. The number of rotatable bonds is 8. The molecule has 0 aromatic heterocycles. The van der Waals surface area contributed by atoms with Crippen LogP contribution in [0.5, 0.6) is 11.5 Å². The van der Waals surface area contributed by atoms with E-state index >= 15 is 0 Å². The van der Waals surface area contributed by atoms with Gasteiger partial charge < -0.3 is 18.9 Å². The van der Waals surface area contributed by atoms with Crippen LogP contribution in [0.4, 0.5) is 0 Å². The lowest BCUT2D eigenvalue weighted by Gasteiger charge is -2.18. The third-order valence-electron chi connectivity index (χ3n) is 2.40. The van der Waals surface area contributed by atoms with Crippen molar-refractivity contribution in [3.8, 4) is 11.5 Å². The molecule has 0 aliphatic heterocycles. The average Bonchev–Trinajstić information content (AvgIpc) is 2.37. The average molecular weight is 254 g/mol. The van der Waals surface area contributed by atoms with Gasteiger partial charge in [-0.25, -0.2) is 0 Å². The quantitative estimate of drug-likeness (QED) is 0.668. The van der Waals surface area contributed by atoms with Crippen molar-refractivity contribution in [2.45, 2.75) is 27.1 Å². The zero-order valence-corrected chi connectivity index (χ0v) is 11.6. The van der Waals surface area contributed by atoms with Crippen molar-refractivity contribution in [1.82, 2.24) is 0 Å². The van der Waals surface area contributed by atoms with E-state index in [-0.39, 0.29) is 6.29 Å². The maximum absolute atomic E-state index is 5.68. The first-order valence-electron chi connectivity index (χ1n) is 6.21. The van der Waals surface area contributed by atoms with Crippen LogP contribution in [0.3, 0.4) is 0 Å². The number of methoxy groups -OCH3 is 1. The van der Waals surface area contributed by atoms with Crippen LogP contribution in [-0.2, 0) is 9.47 Å².